The van der Waals surface area contributed by atoms with Crippen molar-refractivity contribution in [3.05, 3.63) is 28.3 Å². The Kier molecular flexibility index (Phi) is 7.48. The molecule has 2 N–H and O–H groups in total. The lowest BCUT2D eigenvalue weighted by molar-refractivity contribution is -0.205. The Morgan fingerprint density at radius 1 is 1.02 bits per heavy atom. The molecule has 228 valence electrons. The van der Waals surface area contributed by atoms with Crippen LogP contribution in [0.5, 0.6) is 5.75 Å². The molecule has 3 unspecified atom stereocenters. The van der Waals surface area contributed by atoms with Crippen LogP contribution < -0.4 is 0 Å². The predicted molar refractivity (Wildman–Crippen MR) is 157 cm³/mol. The molecule has 0 aliphatic heterocycles. The van der Waals surface area contributed by atoms with Crippen molar-refractivity contribution in [2.24, 2.45) is 40.4 Å². The highest BCUT2D eigenvalue weighted by atomic mass is 16.3. The van der Waals surface area contributed by atoms with Crippen LogP contribution in [0.15, 0.2) is 6.07 Å². The van der Waals surface area contributed by atoms with E-state index in [-0.39, 0.29) is 29.6 Å². The topological polar surface area (TPSA) is 126 Å². The number of benzene rings is 1. The second kappa shape index (κ2) is 10.2. The van der Waals surface area contributed by atoms with Gasteiger partial charge in [0, 0.05) is 11.3 Å². The summed E-state index contributed by atoms with van der Waals surface area (Å²) in [5.41, 5.74) is -2.65. The summed E-state index contributed by atoms with van der Waals surface area (Å²) in [6, 6.07) is 2.02. The van der Waals surface area contributed by atoms with E-state index in [1.807, 2.05) is 26.8 Å². The molecular weight excluding hydrogens is 532 g/mol. The van der Waals surface area contributed by atoms with Gasteiger partial charge in [-0.15, -0.1) is 0 Å². The Morgan fingerprint density at radius 2 is 1.64 bits per heavy atom. The number of aromatic hydroxyl groups is 1. The van der Waals surface area contributed by atoms with Crippen LogP contribution in [0.4, 0.5) is 0 Å². The number of hydrogen-bond donors (Lipinski definition) is 2. The fraction of sp³-hybridized carbons (Fsp3) is 0.686. The second-order valence-electron chi connectivity index (χ2n) is 15.0. The lowest BCUT2D eigenvalue weighted by Crippen LogP contribution is -2.76. The van der Waals surface area contributed by atoms with Crippen LogP contribution in [-0.2, 0) is 32.0 Å². The number of carbonyl (C=O) groups excluding carboxylic acids is 5. The van der Waals surface area contributed by atoms with Gasteiger partial charge in [0.2, 0.25) is 0 Å². The first-order chi connectivity index (χ1) is 19.5. The molecule has 0 bridgehead atoms. The molecule has 5 rings (SSSR count). The summed E-state index contributed by atoms with van der Waals surface area (Å²) in [4.78, 5) is 69.1. The zero-order chi connectivity index (χ0) is 31.1. The molecule has 0 radical (unpaired) electrons. The zero-order valence-electron chi connectivity index (χ0n) is 26.1. The number of aliphatic hydroxyl groups is 1. The molecule has 6 atom stereocenters. The predicted octanol–water partition coefficient (Wildman–Crippen LogP) is 5.34. The average molecular weight is 579 g/mol. The first kappa shape index (κ1) is 30.8. The fourth-order valence-electron chi connectivity index (χ4n) is 9.65. The van der Waals surface area contributed by atoms with E-state index in [0.717, 1.165) is 18.9 Å². The Morgan fingerprint density at radius 3 is 2.19 bits per heavy atom. The molecular formula is C35H46O7. The van der Waals surface area contributed by atoms with E-state index in [4.69, 9.17) is 0 Å². The van der Waals surface area contributed by atoms with Crippen molar-refractivity contribution in [1.29, 1.82) is 0 Å². The Bertz CT molecular complexity index is 1380. The summed E-state index contributed by atoms with van der Waals surface area (Å²) in [6.07, 6.45) is 6.69. The van der Waals surface area contributed by atoms with Crippen molar-refractivity contribution in [2.45, 2.75) is 111 Å². The number of phenolic OH excluding ortho intramolecular Hbond substituents is 1. The second-order valence-corrected chi connectivity index (χ2v) is 15.0. The minimum Gasteiger partial charge on any atom is -0.507 e. The summed E-state index contributed by atoms with van der Waals surface area (Å²) in [6.45, 7) is 12.3. The van der Waals surface area contributed by atoms with Gasteiger partial charge in [-0.25, -0.2) is 0 Å². The maximum Gasteiger partial charge on any atom is 0.190 e. The van der Waals surface area contributed by atoms with Crippen LogP contribution in [0.1, 0.15) is 120 Å². The lowest BCUT2D eigenvalue weighted by Gasteiger charge is -2.62. The quantitative estimate of drug-likeness (QED) is 0.437. The molecule has 0 aromatic heterocycles. The number of hydrogen-bond acceptors (Lipinski definition) is 7. The molecule has 1 aromatic carbocycles. The number of phenols is 1. The molecule has 0 spiro atoms. The summed E-state index contributed by atoms with van der Waals surface area (Å²) < 4.78 is 0. The number of carbonyl (C=O) groups is 5. The molecule has 3 fully saturated rings. The number of Topliss-reactive ketones (excluding diaryl/α,β-unsaturated/α-hetero) is 5. The van der Waals surface area contributed by atoms with Crippen molar-refractivity contribution >= 4 is 28.9 Å². The molecule has 4 aliphatic carbocycles. The van der Waals surface area contributed by atoms with Gasteiger partial charge in [0.25, 0.3) is 0 Å². The maximum atomic E-state index is 14.5. The lowest BCUT2D eigenvalue weighted by atomic mass is 9.39. The Balaban J connectivity index is 1.67. The highest BCUT2D eigenvalue weighted by molar-refractivity contribution is 6.32. The first-order valence-corrected chi connectivity index (χ1v) is 15.8. The van der Waals surface area contributed by atoms with Crippen LogP contribution in [-0.4, -0.2) is 44.7 Å². The number of ketones is 5. The highest BCUT2D eigenvalue weighted by Crippen LogP contribution is 2.64. The van der Waals surface area contributed by atoms with Gasteiger partial charge in [-0.2, -0.15) is 0 Å². The van der Waals surface area contributed by atoms with Gasteiger partial charge in [-0.05, 0) is 72.5 Å². The third kappa shape index (κ3) is 4.12. The smallest absolute Gasteiger partial charge is 0.190 e. The van der Waals surface area contributed by atoms with Crippen LogP contribution in [0, 0.1) is 40.4 Å². The van der Waals surface area contributed by atoms with Crippen molar-refractivity contribution < 1.29 is 34.2 Å². The number of aryl methyl sites for hydroxylation is 1. The SMILES string of the molecule is CC(=O)C1C(=O)C(C(C)C)[C@@]2(C)C[C@@]3(C)Cc4c(C(C)C)cc(CCC5CCCC5)c(O)c4C(=O)C3C(=O)[C@@]2(O)C1=O. The Labute approximate surface area is 248 Å². The van der Waals surface area contributed by atoms with Crippen LogP contribution in [0.25, 0.3) is 0 Å². The summed E-state index contributed by atoms with van der Waals surface area (Å²) >= 11 is 0. The van der Waals surface area contributed by atoms with Crippen LogP contribution >= 0.6 is 0 Å². The van der Waals surface area contributed by atoms with Crippen molar-refractivity contribution in [1.82, 2.24) is 0 Å². The molecule has 0 heterocycles. The highest BCUT2D eigenvalue weighted by Gasteiger charge is 2.76. The number of rotatable bonds is 6. The largest absolute Gasteiger partial charge is 0.507 e. The van der Waals surface area contributed by atoms with Gasteiger partial charge < -0.3 is 10.2 Å². The normalized spacial score (nSPS) is 35.0. The third-order valence-corrected chi connectivity index (χ3v) is 11.4. The van der Waals surface area contributed by atoms with E-state index in [2.05, 4.69) is 0 Å². The standard InChI is InChI=1S/C35H46O7/c1-17(2)22-14-21(13-12-20-10-8-9-11-20)28(37)25-23(22)15-33(6)16-34(7)26(18(3)4)29(38)24(19(5)36)31(40)35(34,42)32(41)27(33)30(25)39/h14,17-18,20,24,26-27,37,42H,8-13,15-16H2,1-7H3/t24?,26?,27?,33-,34-,35+/m1/s1. The molecule has 4 aliphatic rings. The minimum absolute atomic E-state index is 0.0573. The first-order valence-electron chi connectivity index (χ1n) is 15.8. The molecule has 3 saturated carbocycles. The number of fused-ring (bicyclic) bond motifs is 3. The van der Waals surface area contributed by atoms with Crippen LogP contribution in [0.3, 0.4) is 0 Å². The van der Waals surface area contributed by atoms with E-state index in [1.165, 1.54) is 25.7 Å². The van der Waals surface area contributed by atoms with Crippen molar-refractivity contribution in [3.8, 4) is 5.75 Å². The van der Waals surface area contributed by atoms with E-state index in [0.29, 0.717) is 29.9 Å². The molecule has 0 amide bonds. The average Bonchev–Trinajstić information content (AvgIpc) is 3.39. The van der Waals surface area contributed by atoms with Gasteiger partial charge in [-0.1, -0.05) is 73.3 Å². The fourth-order valence-corrected chi connectivity index (χ4v) is 9.65. The monoisotopic (exact) mass is 578 g/mol. The zero-order valence-corrected chi connectivity index (χ0v) is 26.1. The van der Waals surface area contributed by atoms with Crippen LogP contribution in [0.2, 0.25) is 0 Å². The van der Waals surface area contributed by atoms with Gasteiger partial charge in [0.05, 0.1) is 11.5 Å². The summed E-state index contributed by atoms with van der Waals surface area (Å²) in [5.74, 6) is -7.74. The molecule has 42 heavy (non-hydrogen) atoms. The van der Waals surface area contributed by atoms with Gasteiger partial charge >= 0.3 is 0 Å². The van der Waals surface area contributed by atoms with E-state index in [1.54, 1.807) is 20.8 Å². The van der Waals surface area contributed by atoms with Crippen molar-refractivity contribution in [2.75, 3.05) is 0 Å². The Hall–Kier alpha value is -2.67. The molecule has 1 aromatic rings. The molecule has 0 saturated heterocycles. The minimum atomic E-state index is -2.67. The molecule has 7 nitrogen and oxygen atoms in total. The maximum absolute atomic E-state index is 14.5. The van der Waals surface area contributed by atoms with Crippen molar-refractivity contribution in [3.63, 3.8) is 0 Å². The van der Waals surface area contributed by atoms with Gasteiger partial charge in [0.15, 0.2) is 28.7 Å². The van der Waals surface area contributed by atoms with E-state index in [9.17, 15) is 34.2 Å². The summed E-state index contributed by atoms with van der Waals surface area (Å²) in [7, 11) is 0. The van der Waals surface area contributed by atoms with Gasteiger partial charge in [-0.3, -0.25) is 24.0 Å². The van der Waals surface area contributed by atoms with Gasteiger partial charge in [0.1, 0.15) is 17.5 Å². The molecule has 7 heteroatoms. The van der Waals surface area contributed by atoms with E-state index >= 15 is 0 Å². The third-order valence-electron chi connectivity index (χ3n) is 11.4. The summed E-state index contributed by atoms with van der Waals surface area (Å²) in [5, 5.41) is 23.8. The van der Waals surface area contributed by atoms with E-state index < -0.39 is 63.1 Å².